The smallest absolute Gasteiger partial charge is 0.306 e. The first-order valence-electron chi connectivity index (χ1n) is 6.75. The van der Waals surface area contributed by atoms with Crippen LogP contribution >= 0.6 is 0 Å². The molecule has 0 bridgehead atoms. The summed E-state index contributed by atoms with van der Waals surface area (Å²) in [6.45, 7) is 0. The third kappa shape index (κ3) is 3.77. The van der Waals surface area contributed by atoms with Crippen molar-refractivity contribution in [1.82, 2.24) is 0 Å². The molecule has 1 amide bonds. The number of carboxylic acids is 1. The minimum Gasteiger partial charge on any atom is -0.481 e. The molecular weight excluding hydrogens is 276 g/mol. The molecule has 1 aliphatic rings. The van der Waals surface area contributed by atoms with Gasteiger partial charge in [-0.05, 0) is 31.4 Å². The van der Waals surface area contributed by atoms with Crippen LogP contribution in [0.25, 0.3) is 0 Å². The van der Waals surface area contributed by atoms with Crippen molar-refractivity contribution in [2.75, 3.05) is 5.32 Å². The van der Waals surface area contributed by atoms with Gasteiger partial charge in [-0.2, -0.15) is 0 Å². The summed E-state index contributed by atoms with van der Waals surface area (Å²) in [5.74, 6) is -1.88. The van der Waals surface area contributed by atoms with Gasteiger partial charge in [-0.25, -0.2) is 0 Å². The van der Waals surface area contributed by atoms with Crippen molar-refractivity contribution < 1.29 is 19.6 Å². The average Bonchev–Trinajstić information content (AvgIpc) is 2.48. The molecule has 112 valence electrons. The largest absolute Gasteiger partial charge is 0.481 e. The van der Waals surface area contributed by atoms with Crippen molar-refractivity contribution in [3.05, 3.63) is 34.4 Å². The Morgan fingerprint density at radius 2 is 1.81 bits per heavy atom. The van der Waals surface area contributed by atoms with Crippen LogP contribution in [-0.2, 0) is 9.59 Å². The minimum atomic E-state index is -0.858. The number of non-ortho nitro benzene ring substituents is 1. The van der Waals surface area contributed by atoms with Gasteiger partial charge in [0.05, 0.1) is 10.8 Å². The van der Waals surface area contributed by atoms with Crippen molar-refractivity contribution in [2.24, 2.45) is 11.8 Å². The van der Waals surface area contributed by atoms with Gasteiger partial charge in [-0.15, -0.1) is 0 Å². The summed E-state index contributed by atoms with van der Waals surface area (Å²) >= 11 is 0. The second-order valence-electron chi connectivity index (χ2n) is 5.19. The molecule has 7 nitrogen and oxygen atoms in total. The van der Waals surface area contributed by atoms with E-state index in [4.69, 9.17) is 5.11 Å². The SMILES string of the molecule is O=C(O)C1CCCC(C(=O)Nc2ccc([N+](=O)[O-])cc2)C1. The molecule has 0 aliphatic heterocycles. The molecule has 0 heterocycles. The Labute approximate surface area is 121 Å². The number of anilines is 1. The van der Waals surface area contributed by atoms with Gasteiger partial charge in [-0.1, -0.05) is 6.42 Å². The molecule has 0 saturated heterocycles. The van der Waals surface area contributed by atoms with Gasteiger partial charge in [0.2, 0.25) is 5.91 Å². The van der Waals surface area contributed by atoms with E-state index in [1.807, 2.05) is 0 Å². The van der Waals surface area contributed by atoms with Crippen molar-refractivity contribution >= 4 is 23.3 Å². The zero-order valence-electron chi connectivity index (χ0n) is 11.3. The maximum absolute atomic E-state index is 12.1. The number of benzene rings is 1. The monoisotopic (exact) mass is 292 g/mol. The van der Waals surface area contributed by atoms with Crippen molar-refractivity contribution in [3.8, 4) is 0 Å². The quantitative estimate of drug-likeness (QED) is 0.654. The van der Waals surface area contributed by atoms with Crippen LogP contribution in [0.4, 0.5) is 11.4 Å². The molecular formula is C14H16N2O5. The lowest BCUT2D eigenvalue weighted by atomic mass is 9.81. The van der Waals surface area contributed by atoms with Crippen molar-refractivity contribution in [3.63, 3.8) is 0 Å². The molecule has 0 aromatic heterocycles. The van der Waals surface area contributed by atoms with Gasteiger partial charge >= 0.3 is 5.97 Å². The lowest BCUT2D eigenvalue weighted by Gasteiger charge is -2.25. The zero-order chi connectivity index (χ0) is 15.4. The predicted molar refractivity (Wildman–Crippen MR) is 74.8 cm³/mol. The third-order valence-corrected chi connectivity index (χ3v) is 3.74. The molecule has 1 aromatic carbocycles. The van der Waals surface area contributed by atoms with E-state index < -0.39 is 16.8 Å². The highest BCUT2D eigenvalue weighted by Crippen LogP contribution is 2.30. The average molecular weight is 292 g/mol. The number of carboxylic acid groups (broad SMARTS) is 1. The Bertz CT molecular complexity index is 555. The minimum absolute atomic E-state index is 0.0448. The number of hydrogen-bond donors (Lipinski definition) is 2. The number of hydrogen-bond acceptors (Lipinski definition) is 4. The van der Waals surface area contributed by atoms with Crippen LogP contribution in [0, 0.1) is 22.0 Å². The second kappa shape index (κ2) is 6.34. The highest BCUT2D eigenvalue weighted by molar-refractivity contribution is 5.93. The summed E-state index contributed by atoms with van der Waals surface area (Å²) in [4.78, 5) is 33.1. The van der Waals surface area contributed by atoms with Crippen molar-refractivity contribution in [1.29, 1.82) is 0 Å². The van der Waals surface area contributed by atoms with Gasteiger partial charge in [0.25, 0.3) is 5.69 Å². The van der Waals surface area contributed by atoms with Gasteiger partial charge in [-0.3, -0.25) is 19.7 Å². The Balaban J connectivity index is 1.97. The summed E-state index contributed by atoms with van der Waals surface area (Å²) in [7, 11) is 0. The lowest BCUT2D eigenvalue weighted by molar-refractivity contribution is -0.384. The highest BCUT2D eigenvalue weighted by atomic mass is 16.6. The standard InChI is InChI=1S/C14H16N2O5/c17-13(9-2-1-3-10(8-9)14(18)19)15-11-4-6-12(7-5-11)16(20)21/h4-7,9-10H,1-3,8H2,(H,15,17)(H,18,19). The van der Waals surface area contributed by atoms with Crippen LogP contribution in [0.15, 0.2) is 24.3 Å². The van der Waals surface area contributed by atoms with E-state index in [1.165, 1.54) is 24.3 Å². The summed E-state index contributed by atoms with van der Waals surface area (Å²) in [6.07, 6.45) is 2.34. The number of aliphatic carboxylic acids is 1. The Morgan fingerprint density at radius 1 is 1.19 bits per heavy atom. The molecule has 1 saturated carbocycles. The third-order valence-electron chi connectivity index (χ3n) is 3.74. The van der Waals surface area contributed by atoms with E-state index in [9.17, 15) is 19.7 Å². The summed E-state index contributed by atoms with van der Waals surface area (Å²) in [5.41, 5.74) is 0.430. The zero-order valence-corrected chi connectivity index (χ0v) is 11.3. The fourth-order valence-corrected chi connectivity index (χ4v) is 2.56. The van der Waals surface area contributed by atoms with Crippen LogP contribution in [0.3, 0.4) is 0 Å². The number of amides is 1. The van der Waals surface area contributed by atoms with Gasteiger partial charge < -0.3 is 10.4 Å². The molecule has 1 aromatic rings. The van der Waals surface area contributed by atoms with E-state index in [0.717, 1.165) is 6.42 Å². The molecule has 1 fully saturated rings. The van der Waals surface area contributed by atoms with Crippen molar-refractivity contribution in [2.45, 2.75) is 25.7 Å². The molecule has 2 unspecified atom stereocenters. The van der Waals surface area contributed by atoms with E-state index >= 15 is 0 Å². The number of nitro benzene ring substituents is 1. The van der Waals surface area contributed by atoms with Crippen LogP contribution in [-0.4, -0.2) is 21.9 Å². The van der Waals surface area contributed by atoms with E-state index in [2.05, 4.69) is 5.32 Å². The maximum atomic E-state index is 12.1. The van der Waals surface area contributed by atoms with Gasteiger partial charge in [0.15, 0.2) is 0 Å². The number of nitro groups is 1. The Morgan fingerprint density at radius 3 is 2.38 bits per heavy atom. The predicted octanol–water partition coefficient (Wildman–Crippen LogP) is 2.42. The van der Waals surface area contributed by atoms with E-state index in [1.54, 1.807) is 0 Å². The number of carbonyl (C=O) groups excluding carboxylic acids is 1. The fraction of sp³-hybridized carbons (Fsp3) is 0.429. The lowest BCUT2D eigenvalue weighted by Crippen LogP contribution is -2.30. The molecule has 1 aliphatic carbocycles. The summed E-state index contributed by atoms with van der Waals surface area (Å²) < 4.78 is 0. The van der Waals surface area contributed by atoms with Crippen LogP contribution in [0.5, 0.6) is 0 Å². The number of nitrogens with zero attached hydrogens (tertiary/aromatic N) is 1. The fourth-order valence-electron chi connectivity index (χ4n) is 2.56. The van der Waals surface area contributed by atoms with Crippen LogP contribution in [0.1, 0.15) is 25.7 Å². The second-order valence-corrected chi connectivity index (χ2v) is 5.19. The molecule has 7 heteroatoms. The van der Waals surface area contributed by atoms with E-state index in [-0.39, 0.29) is 17.5 Å². The Hall–Kier alpha value is -2.44. The first kappa shape index (κ1) is 15.0. The Kier molecular flexibility index (Phi) is 4.52. The summed E-state index contributed by atoms with van der Waals surface area (Å²) in [6, 6.07) is 5.56. The molecule has 21 heavy (non-hydrogen) atoms. The number of carbonyl (C=O) groups is 2. The summed E-state index contributed by atoms with van der Waals surface area (Å²) in [5, 5.41) is 22.2. The van der Waals surface area contributed by atoms with Crippen LogP contribution in [0.2, 0.25) is 0 Å². The first-order chi connectivity index (χ1) is 9.97. The molecule has 2 atom stereocenters. The highest BCUT2D eigenvalue weighted by Gasteiger charge is 2.31. The van der Waals surface area contributed by atoms with Gasteiger partial charge in [0.1, 0.15) is 0 Å². The maximum Gasteiger partial charge on any atom is 0.306 e. The molecule has 0 radical (unpaired) electrons. The molecule has 0 spiro atoms. The van der Waals surface area contributed by atoms with Gasteiger partial charge in [0, 0.05) is 23.7 Å². The number of nitrogens with one attached hydrogen (secondary N) is 1. The topological polar surface area (TPSA) is 110 Å². The van der Waals surface area contributed by atoms with Crippen LogP contribution < -0.4 is 5.32 Å². The number of rotatable bonds is 4. The first-order valence-corrected chi connectivity index (χ1v) is 6.75. The normalized spacial score (nSPS) is 21.5. The molecule has 2 N–H and O–H groups in total. The molecule has 2 rings (SSSR count). The van der Waals surface area contributed by atoms with E-state index in [0.29, 0.717) is 24.9 Å².